The van der Waals surface area contributed by atoms with Gasteiger partial charge in [-0.15, -0.1) is 12.4 Å². The van der Waals surface area contributed by atoms with Gasteiger partial charge in [0.1, 0.15) is 0 Å². The van der Waals surface area contributed by atoms with Crippen molar-refractivity contribution < 1.29 is 9.59 Å². The number of carbonyl (C=O) groups excluding carboxylic acids is 2. The highest BCUT2D eigenvalue weighted by atomic mass is 35.5. The first-order chi connectivity index (χ1) is 8.93. The van der Waals surface area contributed by atoms with E-state index < -0.39 is 0 Å². The normalized spacial score (nSPS) is 11.2. The molecular formula is C13H19Cl2N3O2. The van der Waals surface area contributed by atoms with Crippen molar-refractivity contribution >= 4 is 41.5 Å². The summed E-state index contributed by atoms with van der Waals surface area (Å²) in [5, 5.41) is 5.64. The first kappa shape index (κ1) is 18.7. The molecule has 0 radical (unpaired) electrons. The second-order valence-electron chi connectivity index (χ2n) is 4.33. The van der Waals surface area contributed by atoms with Crippen LogP contribution in [0.5, 0.6) is 0 Å². The summed E-state index contributed by atoms with van der Waals surface area (Å²) in [7, 11) is 1.52. The Kier molecular flexibility index (Phi) is 8.22. The summed E-state index contributed by atoms with van der Waals surface area (Å²) < 4.78 is 0. The molecule has 1 rings (SSSR count). The molecule has 1 atom stereocenters. The number of amides is 2. The van der Waals surface area contributed by atoms with Crippen LogP contribution < -0.4 is 16.4 Å². The second-order valence-corrected chi connectivity index (χ2v) is 4.77. The molecule has 0 aliphatic carbocycles. The van der Waals surface area contributed by atoms with Crippen LogP contribution in [0.15, 0.2) is 18.2 Å². The Morgan fingerprint density at radius 3 is 2.60 bits per heavy atom. The van der Waals surface area contributed by atoms with Crippen LogP contribution in [0, 0.1) is 0 Å². The van der Waals surface area contributed by atoms with Crippen LogP contribution in [0.1, 0.15) is 30.1 Å². The Balaban J connectivity index is 0.00000361. The van der Waals surface area contributed by atoms with E-state index in [9.17, 15) is 9.59 Å². The topological polar surface area (TPSA) is 84.2 Å². The molecule has 20 heavy (non-hydrogen) atoms. The zero-order valence-corrected chi connectivity index (χ0v) is 13.0. The van der Waals surface area contributed by atoms with Crippen molar-refractivity contribution in [1.82, 2.24) is 5.32 Å². The summed E-state index contributed by atoms with van der Waals surface area (Å²) in [4.78, 5) is 23.4. The molecule has 0 heterocycles. The minimum atomic E-state index is -0.301. The maximum Gasteiger partial charge on any atom is 0.253 e. The van der Waals surface area contributed by atoms with Crippen molar-refractivity contribution in [1.29, 1.82) is 0 Å². The lowest BCUT2D eigenvalue weighted by molar-refractivity contribution is -0.116. The van der Waals surface area contributed by atoms with Crippen LogP contribution in [-0.2, 0) is 4.79 Å². The highest BCUT2D eigenvalue weighted by Gasteiger charge is 2.13. The molecular weight excluding hydrogens is 301 g/mol. The molecule has 2 amide bonds. The van der Waals surface area contributed by atoms with Crippen molar-refractivity contribution in [3.63, 3.8) is 0 Å². The molecule has 0 spiro atoms. The van der Waals surface area contributed by atoms with E-state index in [0.717, 1.165) is 0 Å². The molecule has 0 fully saturated rings. The standard InChI is InChI=1S/C13H18ClN3O2.ClH/c1-8(15)3-6-12(18)17-11-5-4-9(14)7-10(11)13(19)16-2;/h4-5,7-8H,3,6,15H2,1-2H3,(H,16,19)(H,17,18);1H. The smallest absolute Gasteiger partial charge is 0.253 e. The van der Waals surface area contributed by atoms with E-state index in [4.69, 9.17) is 17.3 Å². The fourth-order valence-corrected chi connectivity index (χ4v) is 1.69. The van der Waals surface area contributed by atoms with Gasteiger partial charge in [-0.05, 0) is 31.5 Å². The van der Waals surface area contributed by atoms with Gasteiger partial charge in [-0.2, -0.15) is 0 Å². The lowest BCUT2D eigenvalue weighted by Crippen LogP contribution is -2.23. The monoisotopic (exact) mass is 319 g/mol. The van der Waals surface area contributed by atoms with Gasteiger partial charge in [0, 0.05) is 24.5 Å². The van der Waals surface area contributed by atoms with Crippen molar-refractivity contribution in [3.8, 4) is 0 Å². The number of benzene rings is 1. The van der Waals surface area contributed by atoms with Crippen molar-refractivity contribution in [2.45, 2.75) is 25.8 Å². The van der Waals surface area contributed by atoms with E-state index in [-0.39, 0.29) is 30.3 Å². The SMILES string of the molecule is CNC(=O)c1cc(Cl)ccc1NC(=O)CCC(C)N.Cl. The van der Waals surface area contributed by atoms with Crippen LogP contribution in [-0.4, -0.2) is 24.9 Å². The molecule has 0 aliphatic heterocycles. The van der Waals surface area contributed by atoms with Crippen LogP contribution in [0.4, 0.5) is 5.69 Å². The van der Waals surface area contributed by atoms with E-state index in [1.807, 2.05) is 6.92 Å². The molecule has 0 aliphatic rings. The third kappa shape index (κ3) is 5.77. The largest absolute Gasteiger partial charge is 0.355 e. The number of rotatable bonds is 5. The summed E-state index contributed by atoms with van der Waals surface area (Å²) in [6.07, 6.45) is 0.905. The second kappa shape index (κ2) is 8.79. The number of hydrogen-bond donors (Lipinski definition) is 3. The average Bonchev–Trinajstić information content (AvgIpc) is 2.37. The van der Waals surface area contributed by atoms with E-state index >= 15 is 0 Å². The van der Waals surface area contributed by atoms with Crippen LogP contribution >= 0.6 is 24.0 Å². The number of nitrogens with two attached hydrogens (primary N) is 1. The van der Waals surface area contributed by atoms with Gasteiger partial charge in [0.05, 0.1) is 11.3 Å². The van der Waals surface area contributed by atoms with Gasteiger partial charge in [-0.1, -0.05) is 11.6 Å². The van der Waals surface area contributed by atoms with Gasteiger partial charge in [-0.3, -0.25) is 9.59 Å². The Hall–Kier alpha value is -1.30. The zero-order chi connectivity index (χ0) is 14.4. The van der Waals surface area contributed by atoms with E-state index in [2.05, 4.69) is 10.6 Å². The predicted molar refractivity (Wildman–Crippen MR) is 83.6 cm³/mol. The Morgan fingerprint density at radius 1 is 1.40 bits per heavy atom. The fourth-order valence-electron chi connectivity index (χ4n) is 1.52. The molecule has 4 N–H and O–H groups in total. The van der Waals surface area contributed by atoms with Gasteiger partial charge in [0.25, 0.3) is 5.91 Å². The quantitative estimate of drug-likeness (QED) is 0.777. The van der Waals surface area contributed by atoms with E-state index in [1.165, 1.54) is 13.1 Å². The fraction of sp³-hybridized carbons (Fsp3) is 0.385. The van der Waals surface area contributed by atoms with Crippen molar-refractivity contribution in [2.75, 3.05) is 12.4 Å². The van der Waals surface area contributed by atoms with Crippen molar-refractivity contribution in [3.05, 3.63) is 28.8 Å². The summed E-state index contributed by atoms with van der Waals surface area (Å²) in [6, 6.07) is 4.71. The minimum Gasteiger partial charge on any atom is -0.355 e. The number of halogens is 2. The summed E-state index contributed by atoms with van der Waals surface area (Å²) in [5.41, 5.74) is 6.37. The molecule has 0 saturated carbocycles. The zero-order valence-electron chi connectivity index (χ0n) is 11.4. The van der Waals surface area contributed by atoms with Gasteiger partial charge < -0.3 is 16.4 Å². The van der Waals surface area contributed by atoms with Gasteiger partial charge in [0.15, 0.2) is 0 Å². The first-order valence-electron chi connectivity index (χ1n) is 6.01. The maximum absolute atomic E-state index is 11.7. The van der Waals surface area contributed by atoms with Crippen LogP contribution in [0.2, 0.25) is 5.02 Å². The van der Waals surface area contributed by atoms with E-state index in [0.29, 0.717) is 29.1 Å². The van der Waals surface area contributed by atoms with E-state index in [1.54, 1.807) is 12.1 Å². The summed E-state index contributed by atoms with van der Waals surface area (Å²) in [5.74, 6) is -0.477. The van der Waals surface area contributed by atoms with Crippen LogP contribution in [0.25, 0.3) is 0 Å². The highest BCUT2D eigenvalue weighted by molar-refractivity contribution is 6.31. The number of carbonyl (C=O) groups is 2. The molecule has 5 nitrogen and oxygen atoms in total. The summed E-state index contributed by atoms with van der Waals surface area (Å²) in [6.45, 7) is 1.84. The van der Waals surface area contributed by atoms with Gasteiger partial charge in [-0.25, -0.2) is 0 Å². The number of hydrogen-bond acceptors (Lipinski definition) is 3. The number of anilines is 1. The molecule has 7 heteroatoms. The molecule has 1 aromatic carbocycles. The minimum absolute atomic E-state index is 0. The predicted octanol–water partition coefficient (Wildman–Crippen LogP) is 2.19. The molecule has 1 unspecified atom stereocenters. The summed E-state index contributed by atoms with van der Waals surface area (Å²) >= 11 is 5.85. The Morgan fingerprint density at radius 2 is 2.05 bits per heavy atom. The van der Waals surface area contributed by atoms with Gasteiger partial charge in [0.2, 0.25) is 5.91 Å². The third-order valence-corrected chi connectivity index (χ3v) is 2.79. The van der Waals surface area contributed by atoms with Crippen LogP contribution in [0.3, 0.4) is 0 Å². The molecule has 0 bridgehead atoms. The van der Waals surface area contributed by atoms with Gasteiger partial charge >= 0.3 is 0 Å². The average molecular weight is 320 g/mol. The van der Waals surface area contributed by atoms with Crippen molar-refractivity contribution in [2.24, 2.45) is 5.73 Å². The Labute approximate surface area is 129 Å². The Bertz CT molecular complexity index is 479. The maximum atomic E-state index is 11.7. The molecule has 0 saturated heterocycles. The molecule has 0 aromatic heterocycles. The molecule has 112 valence electrons. The highest BCUT2D eigenvalue weighted by Crippen LogP contribution is 2.21. The number of nitrogens with one attached hydrogen (secondary N) is 2. The lowest BCUT2D eigenvalue weighted by Gasteiger charge is -2.11. The lowest BCUT2D eigenvalue weighted by atomic mass is 10.1. The molecule has 1 aromatic rings. The third-order valence-electron chi connectivity index (χ3n) is 2.55. The first-order valence-corrected chi connectivity index (χ1v) is 6.39.